The Balaban J connectivity index is 2.04. The van der Waals surface area contributed by atoms with Crippen molar-refractivity contribution in [2.24, 2.45) is 0 Å². The normalized spacial score (nSPS) is 10.8. The maximum atomic E-state index is 13.1. The summed E-state index contributed by atoms with van der Waals surface area (Å²) < 4.78 is 18.6. The molecule has 0 unspecified atom stereocenters. The number of H-pyrrole nitrogens is 1. The zero-order valence-corrected chi connectivity index (χ0v) is 10.1. The summed E-state index contributed by atoms with van der Waals surface area (Å²) in [5.41, 5.74) is 6.01. The predicted molar refractivity (Wildman–Crippen MR) is 67.6 cm³/mol. The van der Waals surface area contributed by atoms with E-state index in [1.54, 1.807) is 0 Å². The van der Waals surface area contributed by atoms with Crippen LogP contribution in [0.2, 0.25) is 5.02 Å². The summed E-state index contributed by atoms with van der Waals surface area (Å²) in [4.78, 5) is 7.92. The maximum absolute atomic E-state index is 13.1. The van der Waals surface area contributed by atoms with Gasteiger partial charge in [-0.2, -0.15) is 15.1 Å². The molecule has 19 heavy (non-hydrogen) atoms. The van der Waals surface area contributed by atoms with E-state index in [2.05, 4.69) is 20.2 Å². The molecule has 0 spiro atoms. The number of hydrogen-bond acceptors (Lipinski definition) is 5. The highest BCUT2D eigenvalue weighted by molar-refractivity contribution is 6.30. The predicted octanol–water partition coefficient (Wildman–Crippen LogP) is 2.52. The molecule has 0 atom stereocenters. The lowest BCUT2D eigenvalue weighted by Crippen LogP contribution is -1.98. The van der Waals surface area contributed by atoms with Gasteiger partial charge in [0.25, 0.3) is 0 Å². The molecule has 1 aromatic carbocycles. The van der Waals surface area contributed by atoms with Gasteiger partial charge in [0, 0.05) is 6.07 Å². The van der Waals surface area contributed by atoms with E-state index in [-0.39, 0.29) is 16.9 Å². The number of anilines is 1. The highest BCUT2D eigenvalue weighted by atomic mass is 35.5. The lowest BCUT2D eigenvalue weighted by atomic mass is 10.3. The number of ether oxygens (including phenoxy) is 1. The van der Waals surface area contributed by atoms with Crippen LogP contribution < -0.4 is 10.5 Å². The fourth-order valence-corrected chi connectivity index (χ4v) is 1.73. The molecule has 3 rings (SSSR count). The Labute approximate surface area is 111 Å². The van der Waals surface area contributed by atoms with Crippen molar-refractivity contribution in [2.45, 2.75) is 0 Å². The van der Waals surface area contributed by atoms with Crippen molar-refractivity contribution in [1.29, 1.82) is 0 Å². The van der Waals surface area contributed by atoms with E-state index in [0.717, 1.165) is 0 Å². The van der Waals surface area contributed by atoms with Gasteiger partial charge >= 0.3 is 0 Å². The largest absolute Gasteiger partial charge is 0.438 e. The summed E-state index contributed by atoms with van der Waals surface area (Å²) in [6.07, 6.45) is 1.51. The third kappa shape index (κ3) is 2.15. The van der Waals surface area contributed by atoms with Crippen molar-refractivity contribution in [2.75, 3.05) is 5.73 Å². The number of nitrogens with zero attached hydrogens (tertiary/aromatic N) is 3. The summed E-state index contributed by atoms with van der Waals surface area (Å²) in [5.74, 6) is 0.0792. The first-order valence-electron chi connectivity index (χ1n) is 5.23. The summed E-state index contributed by atoms with van der Waals surface area (Å²) in [6.45, 7) is 0. The minimum absolute atomic E-state index is 0.0389. The van der Waals surface area contributed by atoms with Crippen LogP contribution in [0.3, 0.4) is 0 Å². The third-order valence-electron chi connectivity index (χ3n) is 2.40. The van der Waals surface area contributed by atoms with Crippen LogP contribution in [0.1, 0.15) is 0 Å². The van der Waals surface area contributed by atoms with Crippen LogP contribution in [-0.2, 0) is 0 Å². The zero-order valence-electron chi connectivity index (χ0n) is 9.39. The van der Waals surface area contributed by atoms with Gasteiger partial charge in [-0.05, 0) is 12.1 Å². The van der Waals surface area contributed by atoms with Crippen LogP contribution in [-0.4, -0.2) is 20.2 Å². The monoisotopic (exact) mass is 279 g/mol. The number of fused-ring (bicyclic) bond motifs is 1. The number of benzene rings is 1. The summed E-state index contributed by atoms with van der Waals surface area (Å²) >= 11 is 5.68. The molecule has 0 bridgehead atoms. The molecule has 0 fully saturated rings. The number of aromatic nitrogens is 4. The van der Waals surface area contributed by atoms with E-state index < -0.39 is 5.82 Å². The van der Waals surface area contributed by atoms with Crippen LogP contribution >= 0.6 is 11.6 Å². The van der Waals surface area contributed by atoms with Crippen LogP contribution in [0.5, 0.6) is 11.6 Å². The van der Waals surface area contributed by atoms with E-state index >= 15 is 0 Å². The first-order chi connectivity index (χ1) is 9.13. The van der Waals surface area contributed by atoms with Crippen molar-refractivity contribution in [3.63, 3.8) is 0 Å². The van der Waals surface area contributed by atoms with Crippen molar-refractivity contribution >= 4 is 28.6 Å². The number of aromatic amines is 1. The molecule has 3 aromatic rings. The van der Waals surface area contributed by atoms with Crippen molar-refractivity contribution in [3.8, 4) is 11.6 Å². The molecule has 3 N–H and O–H groups in total. The maximum Gasteiger partial charge on any atom is 0.235 e. The van der Waals surface area contributed by atoms with Crippen LogP contribution in [0, 0.1) is 5.82 Å². The average Bonchev–Trinajstić information content (AvgIpc) is 2.82. The van der Waals surface area contributed by atoms with E-state index in [9.17, 15) is 4.39 Å². The van der Waals surface area contributed by atoms with E-state index in [1.807, 2.05) is 0 Å². The smallest absolute Gasteiger partial charge is 0.235 e. The Bertz CT molecular complexity index is 760. The summed E-state index contributed by atoms with van der Waals surface area (Å²) in [7, 11) is 0. The number of nitrogens with one attached hydrogen (secondary N) is 1. The number of halogens is 2. The fraction of sp³-hybridized carbons (Fsp3) is 0. The molecule has 0 aliphatic rings. The fourth-order valence-electron chi connectivity index (χ4n) is 1.55. The van der Waals surface area contributed by atoms with Gasteiger partial charge in [0.2, 0.25) is 11.8 Å². The molecule has 0 amide bonds. The molecular formula is C11H7ClFN5O. The molecule has 96 valence electrons. The second-order valence-corrected chi connectivity index (χ2v) is 4.10. The zero-order chi connectivity index (χ0) is 13.4. The Morgan fingerprint density at radius 2 is 2.16 bits per heavy atom. The number of rotatable bonds is 2. The molecule has 0 aliphatic heterocycles. The molecule has 0 saturated carbocycles. The molecule has 0 aliphatic carbocycles. The summed E-state index contributed by atoms with van der Waals surface area (Å²) in [6, 6.07) is 3.99. The van der Waals surface area contributed by atoms with Gasteiger partial charge in [0.15, 0.2) is 5.65 Å². The van der Waals surface area contributed by atoms with E-state index in [4.69, 9.17) is 22.1 Å². The first kappa shape index (κ1) is 11.7. The SMILES string of the molecule is Nc1nc(Oc2ccc(F)c(Cl)c2)c2cn[nH]c2n1. The second-order valence-electron chi connectivity index (χ2n) is 3.70. The van der Waals surface area contributed by atoms with Gasteiger partial charge in [-0.15, -0.1) is 0 Å². The number of nitrogen functional groups attached to an aromatic ring is 1. The molecule has 0 saturated heterocycles. The Kier molecular flexibility index (Phi) is 2.68. The van der Waals surface area contributed by atoms with E-state index in [1.165, 1.54) is 24.4 Å². The third-order valence-corrected chi connectivity index (χ3v) is 2.69. The van der Waals surface area contributed by atoms with Gasteiger partial charge < -0.3 is 10.5 Å². The minimum atomic E-state index is -0.523. The Morgan fingerprint density at radius 1 is 1.32 bits per heavy atom. The minimum Gasteiger partial charge on any atom is -0.438 e. The lowest BCUT2D eigenvalue weighted by Gasteiger charge is -2.06. The molecule has 0 radical (unpaired) electrons. The molecule has 2 heterocycles. The van der Waals surface area contributed by atoms with Gasteiger partial charge in [-0.3, -0.25) is 5.10 Å². The number of hydrogen-bond donors (Lipinski definition) is 2. The van der Waals surface area contributed by atoms with Crippen molar-refractivity contribution < 1.29 is 9.13 Å². The highest BCUT2D eigenvalue weighted by Crippen LogP contribution is 2.29. The van der Waals surface area contributed by atoms with Crippen molar-refractivity contribution in [1.82, 2.24) is 20.2 Å². The molecule has 8 heteroatoms. The van der Waals surface area contributed by atoms with Crippen LogP contribution in [0.4, 0.5) is 10.3 Å². The highest BCUT2D eigenvalue weighted by Gasteiger charge is 2.11. The van der Waals surface area contributed by atoms with Gasteiger partial charge in [0.1, 0.15) is 17.0 Å². The van der Waals surface area contributed by atoms with Crippen LogP contribution in [0.15, 0.2) is 24.4 Å². The summed E-state index contributed by atoms with van der Waals surface area (Å²) in [5, 5.41) is 7.01. The van der Waals surface area contributed by atoms with Gasteiger partial charge in [0.05, 0.1) is 11.2 Å². The van der Waals surface area contributed by atoms with Crippen molar-refractivity contribution in [3.05, 3.63) is 35.2 Å². The second kappa shape index (κ2) is 4.36. The van der Waals surface area contributed by atoms with Gasteiger partial charge in [-0.1, -0.05) is 11.6 Å². The lowest BCUT2D eigenvalue weighted by molar-refractivity contribution is 0.467. The van der Waals surface area contributed by atoms with E-state index in [0.29, 0.717) is 16.8 Å². The Morgan fingerprint density at radius 3 is 2.95 bits per heavy atom. The number of nitrogens with two attached hydrogens (primary N) is 1. The quantitative estimate of drug-likeness (QED) is 0.752. The van der Waals surface area contributed by atoms with Crippen LogP contribution in [0.25, 0.3) is 11.0 Å². The Hall–Kier alpha value is -2.41. The molecule has 6 nitrogen and oxygen atoms in total. The molecular weight excluding hydrogens is 273 g/mol. The topological polar surface area (TPSA) is 89.7 Å². The standard InChI is InChI=1S/C11H7ClFN5O/c12-7-3-5(1-2-8(7)13)19-10-6-4-15-18-9(6)16-11(14)17-10/h1-4H,(H3,14,15,16,17,18). The average molecular weight is 280 g/mol. The molecule has 2 aromatic heterocycles. The van der Waals surface area contributed by atoms with Gasteiger partial charge in [-0.25, -0.2) is 4.39 Å². The first-order valence-corrected chi connectivity index (χ1v) is 5.61.